The molecule has 0 fully saturated rings. The van der Waals surface area contributed by atoms with Crippen LogP contribution in [0.4, 0.5) is 17.6 Å². The van der Waals surface area contributed by atoms with E-state index in [2.05, 4.69) is 4.74 Å². The third kappa shape index (κ3) is 2.46. The fraction of sp³-hybridized carbons (Fsp3) is 0.250. The molecule has 0 amide bonds. The number of hydrogen-bond acceptors (Lipinski definition) is 3. The molecule has 1 aromatic rings. The van der Waals surface area contributed by atoms with Crippen molar-refractivity contribution in [3.63, 3.8) is 0 Å². The lowest BCUT2D eigenvalue weighted by Gasteiger charge is -2.28. The van der Waals surface area contributed by atoms with Gasteiger partial charge >= 0.3 is 12.1 Å². The monoisotopic (exact) mass is 294 g/mol. The van der Waals surface area contributed by atoms with Crippen molar-refractivity contribution in [2.75, 3.05) is 0 Å². The average Bonchev–Trinajstić information content (AvgIpc) is 2.33. The summed E-state index contributed by atoms with van der Waals surface area (Å²) < 4.78 is 70.9. The number of benzene rings is 1. The molecule has 1 heterocycles. The summed E-state index contributed by atoms with van der Waals surface area (Å²) in [5, 5.41) is 18.1. The Kier molecular flexibility index (Phi) is 2.80. The Morgan fingerprint density at radius 2 is 2.10 bits per heavy atom. The maximum atomic E-state index is 13.4. The topological polar surface area (TPSA) is 66.8 Å². The van der Waals surface area contributed by atoms with Gasteiger partial charge in [-0.25, -0.2) is 9.18 Å². The highest BCUT2D eigenvalue weighted by molar-refractivity contribution is 5.95. The molecule has 2 rings (SSSR count). The van der Waals surface area contributed by atoms with Crippen LogP contribution in [0, 0.1) is 5.82 Å². The van der Waals surface area contributed by atoms with Gasteiger partial charge in [0, 0.05) is 11.1 Å². The van der Waals surface area contributed by atoms with Gasteiger partial charge in [-0.15, -0.1) is 0 Å². The van der Waals surface area contributed by atoms with Gasteiger partial charge in [-0.2, -0.15) is 13.2 Å². The Bertz CT molecular complexity index is 664. The van der Waals surface area contributed by atoms with Crippen LogP contribution in [0.5, 0.6) is 5.75 Å². The van der Waals surface area contributed by atoms with E-state index in [-0.39, 0.29) is 0 Å². The fourth-order valence-electron chi connectivity index (χ4n) is 1.78. The molecular formula is C12H8F4O4. The van der Waals surface area contributed by atoms with Gasteiger partial charge in [0.25, 0.3) is 0 Å². The third-order valence-corrected chi connectivity index (χ3v) is 2.58. The van der Waals surface area contributed by atoms with Gasteiger partial charge in [-0.3, -0.25) is 0 Å². The van der Waals surface area contributed by atoms with Gasteiger partial charge in [0.2, 0.25) is 6.10 Å². The average molecular weight is 294 g/mol. The van der Waals surface area contributed by atoms with Crippen molar-refractivity contribution in [2.24, 2.45) is 0 Å². The van der Waals surface area contributed by atoms with Crippen LogP contribution >= 0.6 is 0 Å². The van der Waals surface area contributed by atoms with E-state index in [4.69, 9.17) is 7.85 Å². The zero-order valence-electron chi connectivity index (χ0n) is 11.5. The predicted molar refractivity (Wildman–Crippen MR) is 58.4 cm³/mol. The van der Waals surface area contributed by atoms with Crippen LogP contribution in [0.25, 0.3) is 6.08 Å². The molecule has 1 unspecified atom stereocenters. The van der Waals surface area contributed by atoms with E-state index >= 15 is 0 Å². The maximum absolute atomic E-state index is 13.4. The highest BCUT2D eigenvalue weighted by Crippen LogP contribution is 2.39. The lowest BCUT2D eigenvalue weighted by Crippen LogP contribution is -2.40. The molecule has 1 aliphatic rings. The Balaban J connectivity index is 2.71. The molecule has 108 valence electrons. The SMILES string of the molecule is [2H]C([2H])(O)c1cc(F)cc2c1OC(C(F)(F)F)C(C(=O)O)=C2. The lowest BCUT2D eigenvalue weighted by atomic mass is 9.99. The largest absolute Gasteiger partial charge is 0.478 e. The summed E-state index contributed by atoms with van der Waals surface area (Å²) in [6.07, 6.45) is -7.41. The molecule has 0 aromatic heterocycles. The number of fused-ring (bicyclic) bond motifs is 1. The van der Waals surface area contributed by atoms with Crippen LogP contribution in [0.1, 0.15) is 13.9 Å². The summed E-state index contributed by atoms with van der Waals surface area (Å²) >= 11 is 0. The van der Waals surface area contributed by atoms with Crippen molar-refractivity contribution in [1.82, 2.24) is 0 Å². The molecule has 0 bridgehead atoms. The molecule has 1 aliphatic heterocycles. The molecule has 2 N–H and O–H groups in total. The van der Waals surface area contributed by atoms with E-state index in [1.165, 1.54) is 0 Å². The van der Waals surface area contributed by atoms with Crippen molar-refractivity contribution in [2.45, 2.75) is 18.8 Å². The normalized spacial score (nSPS) is 20.2. The van der Waals surface area contributed by atoms with Crippen molar-refractivity contribution >= 4 is 12.0 Å². The van der Waals surface area contributed by atoms with Crippen LogP contribution in [0.15, 0.2) is 17.7 Å². The minimum atomic E-state index is -5.09. The minimum Gasteiger partial charge on any atom is -0.478 e. The van der Waals surface area contributed by atoms with Crippen LogP contribution in [-0.2, 0) is 11.4 Å². The van der Waals surface area contributed by atoms with Crippen LogP contribution in [-0.4, -0.2) is 28.5 Å². The lowest BCUT2D eigenvalue weighted by molar-refractivity contribution is -0.187. The molecule has 1 atom stereocenters. The van der Waals surface area contributed by atoms with E-state index < -0.39 is 53.1 Å². The highest BCUT2D eigenvalue weighted by Gasteiger charge is 2.48. The van der Waals surface area contributed by atoms with Crippen molar-refractivity contribution in [3.8, 4) is 5.75 Å². The molecule has 0 aliphatic carbocycles. The fourth-order valence-corrected chi connectivity index (χ4v) is 1.78. The zero-order valence-corrected chi connectivity index (χ0v) is 9.53. The molecule has 4 nitrogen and oxygen atoms in total. The molecule has 1 aromatic carbocycles. The van der Waals surface area contributed by atoms with Crippen LogP contribution in [0.2, 0.25) is 0 Å². The molecule has 0 spiro atoms. The van der Waals surface area contributed by atoms with E-state index in [0.29, 0.717) is 18.2 Å². The molecular weight excluding hydrogens is 284 g/mol. The second-order valence-electron chi connectivity index (χ2n) is 3.93. The Morgan fingerprint density at radius 1 is 1.45 bits per heavy atom. The summed E-state index contributed by atoms with van der Waals surface area (Å²) in [5.74, 6) is -3.74. The number of alkyl halides is 3. The summed E-state index contributed by atoms with van der Waals surface area (Å²) in [6, 6.07) is 1.16. The van der Waals surface area contributed by atoms with Gasteiger partial charge in [0.05, 0.1) is 14.9 Å². The van der Waals surface area contributed by atoms with E-state index in [1.54, 1.807) is 0 Å². The van der Waals surface area contributed by atoms with Gasteiger partial charge in [-0.1, -0.05) is 0 Å². The smallest absolute Gasteiger partial charge is 0.430 e. The summed E-state index contributed by atoms with van der Waals surface area (Å²) in [4.78, 5) is 10.9. The van der Waals surface area contributed by atoms with Crippen molar-refractivity contribution in [1.29, 1.82) is 0 Å². The first-order valence-electron chi connectivity index (χ1n) is 6.16. The van der Waals surface area contributed by atoms with Gasteiger partial charge in [0.1, 0.15) is 11.6 Å². The minimum absolute atomic E-state index is 0.411. The predicted octanol–water partition coefficient (Wildman–Crippen LogP) is 2.11. The summed E-state index contributed by atoms with van der Waals surface area (Å²) in [6.45, 7) is -3.17. The molecule has 0 saturated heterocycles. The van der Waals surface area contributed by atoms with E-state index in [1.807, 2.05) is 0 Å². The standard InChI is InChI=1S/C12H8F4O4/c13-7-1-5-3-8(11(18)19)10(12(14,15)16)20-9(5)6(2-7)4-17/h1-3,10,17H,4H2,(H,18,19)/i4D2. The number of aliphatic hydroxyl groups is 1. The number of halogens is 4. The third-order valence-electron chi connectivity index (χ3n) is 2.58. The van der Waals surface area contributed by atoms with Crippen LogP contribution in [0.3, 0.4) is 0 Å². The number of carboxylic acid groups (broad SMARTS) is 1. The van der Waals surface area contributed by atoms with Crippen molar-refractivity contribution in [3.05, 3.63) is 34.6 Å². The zero-order chi connectivity index (χ0) is 16.9. The number of ether oxygens (including phenoxy) is 1. The molecule has 0 saturated carbocycles. The number of rotatable bonds is 2. The summed E-state index contributed by atoms with van der Waals surface area (Å²) in [7, 11) is 0. The summed E-state index contributed by atoms with van der Waals surface area (Å²) in [5.41, 5.74) is -2.45. The van der Waals surface area contributed by atoms with Gasteiger partial charge in [-0.05, 0) is 18.2 Å². The quantitative estimate of drug-likeness (QED) is 0.820. The van der Waals surface area contributed by atoms with Crippen LogP contribution < -0.4 is 4.74 Å². The Morgan fingerprint density at radius 3 is 2.60 bits per heavy atom. The molecule has 20 heavy (non-hydrogen) atoms. The molecule has 0 radical (unpaired) electrons. The number of carboxylic acids is 1. The van der Waals surface area contributed by atoms with Gasteiger partial charge < -0.3 is 14.9 Å². The Labute approximate surface area is 112 Å². The number of carbonyl (C=O) groups is 1. The first-order valence-corrected chi connectivity index (χ1v) is 5.16. The number of aliphatic carboxylic acids is 1. The first-order chi connectivity index (χ1) is 9.91. The highest BCUT2D eigenvalue weighted by atomic mass is 19.4. The van der Waals surface area contributed by atoms with Crippen molar-refractivity contribution < 1.29 is 40.0 Å². The second-order valence-corrected chi connectivity index (χ2v) is 3.93. The van der Waals surface area contributed by atoms with E-state index in [9.17, 15) is 27.5 Å². The second kappa shape index (κ2) is 4.78. The molecule has 8 heteroatoms. The maximum Gasteiger partial charge on any atom is 0.430 e. The first kappa shape index (κ1) is 11.7. The number of hydrogen-bond donors (Lipinski definition) is 2. The van der Waals surface area contributed by atoms with E-state index in [0.717, 1.165) is 0 Å². The Hall–Kier alpha value is -2.09. The van der Waals surface area contributed by atoms with Gasteiger partial charge in [0.15, 0.2) is 0 Å².